The third kappa shape index (κ3) is 3.18. The zero-order chi connectivity index (χ0) is 22.5. The van der Waals surface area contributed by atoms with E-state index < -0.39 is 86.0 Å². The van der Waals surface area contributed by atoms with Crippen LogP contribution in [-0.2, 0) is 29.5 Å². The molecule has 0 N–H and O–H groups in total. The number of halogens is 7. The molecule has 0 aliphatic heterocycles. The lowest BCUT2D eigenvalue weighted by molar-refractivity contribution is -0.0624. The molecule has 16 heteroatoms. The highest BCUT2D eigenvalue weighted by Gasteiger charge is 2.74. The second kappa shape index (κ2) is 5.99. The first-order chi connectivity index (χ1) is 12.7. The molecule has 2 atom stereocenters. The maximum absolute atomic E-state index is 15.0. The number of alkyl halides is 7. The molecule has 0 aromatic rings. The van der Waals surface area contributed by atoms with Crippen LogP contribution in [0.25, 0.3) is 0 Å². The van der Waals surface area contributed by atoms with Gasteiger partial charge in [0.2, 0.25) is 0 Å². The zero-order valence-corrected chi connectivity index (χ0v) is 16.7. The summed E-state index contributed by atoms with van der Waals surface area (Å²) < 4.78 is 159. The maximum atomic E-state index is 15.0. The van der Waals surface area contributed by atoms with Gasteiger partial charge in [-0.3, -0.25) is 0 Å². The minimum Gasteiger partial charge on any atom is -0.244 e. The molecule has 0 amide bonds. The first kappa shape index (κ1) is 23.0. The molecule has 0 aromatic heterocycles. The molecule has 29 heavy (non-hydrogen) atoms. The van der Waals surface area contributed by atoms with E-state index in [9.17, 15) is 56.0 Å². The molecule has 6 nitrogen and oxygen atoms in total. The summed E-state index contributed by atoms with van der Waals surface area (Å²) in [4.78, 5) is 0. The van der Waals surface area contributed by atoms with Crippen molar-refractivity contribution in [1.82, 2.24) is 0 Å². The average molecular weight is 496 g/mol. The molecule has 4 rings (SSSR count). The number of hydrogen-bond acceptors (Lipinski definition) is 6. The van der Waals surface area contributed by atoms with Crippen molar-refractivity contribution in [2.24, 2.45) is 11.8 Å². The average Bonchev–Trinajstić information content (AvgIpc) is 2.40. The van der Waals surface area contributed by atoms with Crippen LogP contribution in [0, 0.1) is 11.8 Å². The molecule has 170 valence electrons. The van der Waals surface area contributed by atoms with Crippen LogP contribution in [-0.4, -0.2) is 50.6 Å². The number of sulfone groups is 3. The Balaban J connectivity index is 2.27. The highest BCUT2D eigenvalue weighted by Crippen LogP contribution is 2.63. The van der Waals surface area contributed by atoms with E-state index in [-0.39, 0.29) is 19.3 Å². The van der Waals surface area contributed by atoms with E-state index in [1.165, 1.54) is 0 Å². The molecule has 4 aliphatic rings. The van der Waals surface area contributed by atoms with Crippen LogP contribution in [0.5, 0.6) is 0 Å². The summed E-state index contributed by atoms with van der Waals surface area (Å²) in [5, 5.41) is 0. The predicted molar refractivity (Wildman–Crippen MR) is 83.9 cm³/mol. The van der Waals surface area contributed by atoms with Crippen molar-refractivity contribution in [3.05, 3.63) is 0 Å². The molecule has 0 spiro atoms. The third-order valence-electron chi connectivity index (χ3n) is 5.94. The summed E-state index contributed by atoms with van der Waals surface area (Å²) in [6.07, 6.45) is -2.26. The molecule has 4 saturated carbocycles. The second-order valence-corrected chi connectivity index (χ2v) is 15.5. The number of hydrogen-bond donors (Lipinski definition) is 0. The Morgan fingerprint density at radius 3 is 1.41 bits per heavy atom. The van der Waals surface area contributed by atoms with Gasteiger partial charge in [0, 0.05) is 6.42 Å². The lowest BCUT2D eigenvalue weighted by atomic mass is 9.54. The van der Waals surface area contributed by atoms with Gasteiger partial charge in [-0.1, -0.05) is 0 Å². The van der Waals surface area contributed by atoms with Gasteiger partial charge in [0.05, 0.1) is 4.75 Å². The topological polar surface area (TPSA) is 102 Å². The van der Waals surface area contributed by atoms with E-state index >= 15 is 0 Å². The van der Waals surface area contributed by atoms with Crippen LogP contribution < -0.4 is 0 Å². The first-order valence-corrected chi connectivity index (χ1v) is 12.9. The van der Waals surface area contributed by atoms with E-state index in [1.54, 1.807) is 0 Å². The summed E-state index contributed by atoms with van der Waals surface area (Å²) in [5.74, 6) is -1.42. The van der Waals surface area contributed by atoms with Crippen molar-refractivity contribution >= 4 is 29.5 Å². The zero-order valence-electron chi connectivity index (χ0n) is 14.3. The Hall–Kier alpha value is -0.640. The fourth-order valence-corrected chi connectivity index (χ4v) is 14.1. The lowest BCUT2D eigenvalue weighted by Crippen LogP contribution is -2.64. The highest BCUT2D eigenvalue weighted by molar-refractivity contribution is 8.25. The fraction of sp³-hybridized carbons (Fsp3) is 1.00. The molecular formula is C13H15F7O6S3. The molecule has 4 fully saturated rings. The van der Waals surface area contributed by atoms with Crippen molar-refractivity contribution in [2.45, 2.75) is 63.9 Å². The first-order valence-electron chi connectivity index (χ1n) is 8.21. The minimum atomic E-state index is -7.37. The van der Waals surface area contributed by atoms with Gasteiger partial charge in [-0.2, -0.15) is 26.3 Å². The predicted octanol–water partition coefficient (Wildman–Crippen LogP) is 2.61. The van der Waals surface area contributed by atoms with Crippen molar-refractivity contribution in [1.29, 1.82) is 0 Å². The SMILES string of the molecule is O=S(=O)(C(S(=O)(=O)C(F)(F)F)S(=O)(=O)C12CC3CC(CC(F)(C3)C1)C2)C(F)(F)F. The summed E-state index contributed by atoms with van der Waals surface area (Å²) >= 11 is 0. The van der Waals surface area contributed by atoms with Crippen LogP contribution in [0.4, 0.5) is 30.7 Å². The summed E-state index contributed by atoms with van der Waals surface area (Å²) in [5.41, 5.74) is -15.4. The molecule has 4 aliphatic carbocycles. The maximum Gasteiger partial charge on any atom is 0.499 e. The van der Waals surface area contributed by atoms with Crippen LogP contribution in [0.1, 0.15) is 38.5 Å². The monoisotopic (exact) mass is 496 g/mol. The molecule has 0 radical (unpaired) electrons. The summed E-state index contributed by atoms with van der Waals surface area (Å²) in [7, 11) is -20.9. The van der Waals surface area contributed by atoms with Gasteiger partial charge in [-0.05, 0) is 43.9 Å². The van der Waals surface area contributed by atoms with Crippen molar-refractivity contribution in [3.63, 3.8) is 0 Å². The smallest absolute Gasteiger partial charge is 0.244 e. The molecule has 0 heterocycles. The standard InChI is InChI=1S/C13H15F7O6S3/c14-10-2-7-1-8(3-10)5-11(4-7,6-10)27(21,22)9(28(23,24)12(15,16)17)29(25,26)13(18,19)20/h7-9H,1-6H2. The Labute approximate surface area is 161 Å². The molecule has 0 aromatic carbocycles. The van der Waals surface area contributed by atoms with E-state index in [2.05, 4.69) is 0 Å². The van der Waals surface area contributed by atoms with Gasteiger partial charge in [-0.25, -0.2) is 29.6 Å². The van der Waals surface area contributed by atoms with E-state index in [1.807, 2.05) is 0 Å². The normalized spacial score (nSPS) is 36.0. The van der Waals surface area contributed by atoms with E-state index in [0.29, 0.717) is 0 Å². The van der Waals surface area contributed by atoms with Crippen LogP contribution >= 0.6 is 0 Å². The van der Waals surface area contributed by atoms with Crippen LogP contribution in [0.3, 0.4) is 0 Å². The molecule has 4 bridgehead atoms. The third-order valence-corrected chi connectivity index (χ3v) is 15.0. The molecular weight excluding hydrogens is 481 g/mol. The van der Waals surface area contributed by atoms with Gasteiger partial charge in [0.25, 0.3) is 23.6 Å². The van der Waals surface area contributed by atoms with Gasteiger partial charge < -0.3 is 0 Å². The van der Waals surface area contributed by atoms with Crippen LogP contribution in [0.2, 0.25) is 0 Å². The van der Waals surface area contributed by atoms with Crippen LogP contribution in [0.15, 0.2) is 0 Å². The minimum absolute atomic E-state index is 0.163. The Bertz CT molecular complexity index is 968. The van der Waals surface area contributed by atoms with E-state index in [0.717, 1.165) is 0 Å². The Morgan fingerprint density at radius 2 is 1.10 bits per heavy atom. The Morgan fingerprint density at radius 1 is 0.724 bits per heavy atom. The molecule has 0 saturated heterocycles. The summed E-state index contributed by atoms with van der Waals surface area (Å²) in [6, 6.07) is 0. The van der Waals surface area contributed by atoms with Crippen molar-refractivity contribution in [3.8, 4) is 0 Å². The van der Waals surface area contributed by atoms with E-state index in [4.69, 9.17) is 0 Å². The van der Waals surface area contributed by atoms with Gasteiger partial charge in [-0.15, -0.1) is 0 Å². The lowest BCUT2D eigenvalue weighted by Gasteiger charge is -2.58. The largest absolute Gasteiger partial charge is 0.499 e. The molecule has 2 unspecified atom stereocenters. The Kier molecular flexibility index (Phi) is 4.75. The van der Waals surface area contributed by atoms with Crippen molar-refractivity contribution < 1.29 is 56.0 Å². The number of rotatable bonds is 4. The quantitative estimate of drug-likeness (QED) is 0.555. The highest BCUT2D eigenvalue weighted by atomic mass is 32.3. The summed E-state index contributed by atoms with van der Waals surface area (Å²) in [6.45, 7) is 0. The van der Waals surface area contributed by atoms with Gasteiger partial charge in [0.15, 0.2) is 9.84 Å². The van der Waals surface area contributed by atoms with Gasteiger partial charge >= 0.3 is 11.0 Å². The van der Waals surface area contributed by atoms with Crippen molar-refractivity contribution in [2.75, 3.05) is 0 Å². The van der Waals surface area contributed by atoms with Gasteiger partial charge in [0.1, 0.15) is 5.67 Å². The second-order valence-electron chi connectivity index (χ2n) is 8.11. The fourth-order valence-electron chi connectivity index (χ4n) is 5.32.